The van der Waals surface area contributed by atoms with Gasteiger partial charge in [-0.1, -0.05) is 11.6 Å². The Balaban J connectivity index is 2.64. The lowest BCUT2D eigenvalue weighted by Crippen LogP contribution is -2.15. The molecule has 1 aromatic carbocycles. The number of hydrogen-bond donors (Lipinski definition) is 0. The Hall–Kier alpha value is -1.09. The van der Waals surface area contributed by atoms with Gasteiger partial charge in [-0.05, 0) is 26.0 Å². The Morgan fingerprint density at radius 1 is 1.60 bits per heavy atom. The van der Waals surface area contributed by atoms with Crippen LogP contribution < -0.4 is 4.74 Å². The van der Waals surface area contributed by atoms with Crippen molar-refractivity contribution in [2.75, 3.05) is 0 Å². The van der Waals surface area contributed by atoms with E-state index in [0.29, 0.717) is 12.2 Å². The van der Waals surface area contributed by atoms with Crippen molar-refractivity contribution in [1.29, 1.82) is 0 Å². The van der Waals surface area contributed by atoms with E-state index in [1.54, 1.807) is 13.0 Å². The van der Waals surface area contributed by atoms with Gasteiger partial charge in [-0.25, -0.2) is 4.39 Å². The first-order chi connectivity index (χ1) is 6.99. The topological polar surface area (TPSA) is 26.3 Å². The Labute approximate surface area is 93.0 Å². The standard InChI is InChI=1S/C11H12ClFO2/c1-7(14)5-8(2)15-9-3-4-10(12)11(13)6-9/h3-4,6,8H,5H2,1-2H3. The summed E-state index contributed by atoms with van der Waals surface area (Å²) in [6.07, 6.45) is 0.0487. The van der Waals surface area contributed by atoms with Gasteiger partial charge in [0.05, 0.1) is 5.02 Å². The summed E-state index contributed by atoms with van der Waals surface area (Å²) in [4.78, 5) is 10.8. The highest BCUT2D eigenvalue weighted by molar-refractivity contribution is 6.30. The van der Waals surface area contributed by atoms with Gasteiger partial charge in [0.2, 0.25) is 0 Å². The van der Waals surface area contributed by atoms with Crippen LogP contribution in [0.15, 0.2) is 18.2 Å². The lowest BCUT2D eigenvalue weighted by atomic mass is 10.2. The van der Waals surface area contributed by atoms with Crippen LogP contribution >= 0.6 is 11.6 Å². The van der Waals surface area contributed by atoms with Crippen molar-refractivity contribution in [2.24, 2.45) is 0 Å². The quantitative estimate of drug-likeness (QED) is 0.794. The molecule has 82 valence electrons. The summed E-state index contributed by atoms with van der Waals surface area (Å²) in [5.74, 6) is -0.105. The highest BCUT2D eigenvalue weighted by Crippen LogP contribution is 2.21. The van der Waals surface area contributed by atoms with Gasteiger partial charge in [-0.15, -0.1) is 0 Å². The highest BCUT2D eigenvalue weighted by atomic mass is 35.5. The molecule has 0 aliphatic heterocycles. The van der Waals surface area contributed by atoms with Crippen LogP contribution in [0.25, 0.3) is 0 Å². The maximum Gasteiger partial charge on any atom is 0.145 e. The molecule has 1 atom stereocenters. The number of hydrogen-bond acceptors (Lipinski definition) is 2. The summed E-state index contributed by atoms with van der Waals surface area (Å²) >= 11 is 5.52. The third kappa shape index (κ3) is 3.88. The maximum absolute atomic E-state index is 13.0. The molecule has 0 saturated heterocycles. The fraction of sp³-hybridized carbons (Fsp3) is 0.364. The molecule has 0 saturated carbocycles. The molecule has 2 nitrogen and oxygen atoms in total. The summed E-state index contributed by atoms with van der Waals surface area (Å²) in [5.41, 5.74) is 0. The Kier molecular flexibility index (Phi) is 4.09. The second-order valence-corrected chi connectivity index (χ2v) is 3.82. The minimum absolute atomic E-state index is 0.0388. The third-order valence-electron chi connectivity index (χ3n) is 1.80. The Morgan fingerprint density at radius 3 is 2.80 bits per heavy atom. The molecule has 0 amide bonds. The zero-order chi connectivity index (χ0) is 11.4. The smallest absolute Gasteiger partial charge is 0.145 e. The van der Waals surface area contributed by atoms with E-state index < -0.39 is 5.82 Å². The molecule has 1 unspecified atom stereocenters. The van der Waals surface area contributed by atoms with E-state index in [0.717, 1.165) is 0 Å². The van der Waals surface area contributed by atoms with Crippen LogP contribution in [0.1, 0.15) is 20.3 Å². The molecule has 1 rings (SSSR count). The molecule has 15 heavy (non-hydrogen) atoms. The molecule has 0 aliphatic rings. The second-order valence-electron chi connectivity index (χ2n) is 3.41. The van der Waals surface area contributed by atoms with E-state index >= 15 is 0 Å². The van der Waals surface area contributed by atoms with Crippen molar-refractivity contribution < 1.29 is 13.9 Å². The first kappa shape index (κ1) is 12.0. The average molecular weight is 231 g/mol. The van der Waals surface area contributed by atoms with E-state index in [2.05, 4.69) is 0 Å². The number of carbonyl (C=O) groups is 1. The fourth-order valence-corrected chi connectivity index (χ4v) is 1.35. The minimum atomic E-state index is -0.524. The number of benzene rings is 1. The van der Waals surface area contributed by atoms with Gasteiger partial charge in [-0.3, -0.25) is 4.79 Å². The van der Waals surface area contributed by atoms with Crippen LogP contribution in [0.3, 0.4) is 0 Å². The lowest BCUT2D eigenvalue weighted by molar-refractivity contribution is -0.118. The number of rotatable bonds is 4. The predicted octanol–water partition coefficient (Wildman–Crippen LogP) is 3.23. The number of Topliss-reactive ketones (excluding diaryl/α,β-unsaturated/α-hetero) is 1. The normalized spacial score (nSPS) is 12.3. The highest BCUT2D eigenvalue weighted by Gasteiger charge is 2.08. The fourth-order valence-electron chi connectivity index (χ4n) is 1.23. The van der Waals surface area contributed by atoms with Crippen LogP contribution in [0.5, 0.6) is 5.75 Å². The first-order valence-electron chi connectivity index (χ1n) is 4.60. The predicted molar refractivity (Wildman–Crippen MR) is 56.8 cm³/mol. The van der Waals surface area contributed by atoms with Crippen molar-refractivity contribution in [3.63, 3.8) is 0 Å². The number of ketones is 1. The molecule has 0 aliphatic carbocycles. The zero-order valence-electron chi connectivity index (χ0n) is 8.59. The van der Waals surface area contributed by atoms with Gasteiger partial charge in [0.25, 0.3) is 0 Å². The number of ether oxygens (including phenoxy) is 1. The van der Waals surface area contributed by atoms with Gasteiger partial charge in [0.1, 0.15) is 23.5 Å². The molecule has 0 spiro atoms. The minimum Gasteiger partial charge on any atom is -0.490 e. The Morgan fingerprint density at radius 2 is 2.27 bits per heavy atom. The second kappa shape index (κ2) is 5.12. The van der Waals surface area contributed by atoms with E-state index in [1.165, 1.54) is 19.1 Å². The van der Waals surface area contributed by atoms with Crippen molar-refractivity contribution >= 4 is 17.4 Å². The van der Waals surface area contributed by atoms with E-state index in [4.69, 9.17) is 16.3 Å². The SMILES string of the molecule is CC(=O)CC(C)Oc1ccc(Cl)c(F)c1. The largest absolute Gasteiger partial charge is 0.490 e. The van der Waals surface area contributed by atoms with Crippen LogP contribution in [0.2, 0.25) is 5.02 Å². The molecule has 0 N–H and O–H groups in total. The molecular formula is C11H12ClFO2. The van der Waals surface area contributed by atoms with Crippen LogP contribution in [0.4, 0.5) is 4.39 Å². The maximum atomic E-state index is 13.0. The van der Waals surface area contributed by atoms with E-state index in [9.17, 15) is 9.18 Å². The van der Waals surface area contributed by atoms with Crippen molar-refractivity contribution in [1.82, 2.24) is 0 Å². The van der Waals surface area contributed by atoms with Gasteiger partial charge in [-0.2, -0.15) is 0 Å². The summed E-state index contributed by atoms with van der Waals surface area (Å²) in [6, 6.07) is 4.20. The van der Waals surface area contributed by atoms with E-state index in [1.807, 2.05) is 0 Å². The summed E-state index contributed by atoms with van der Waals surface area (Å²) in [7, 11) is 0. The van der Waals surface area contributed by atoms with Gasteiger partial charge < -0.3 is 4.74 Å². The monoisotopic (exact) mass is 230 g/mol. The van der Waals surface area contributed by atoms with Crippen molar-refractivity contribution in [3.05, 3.63) is 29.0 Å². The van der Waals surface area contributed by atoms with E-state index in [-0.39, 0.29) is 16.9 Å². The third-order valence-corrected chi connectivity index (χ3v) is 2.11. The molecular weight excluding hydrogens is 219 g/mol. The first-order valence-corrected chi connectivity index (χ1v) is 4.98. The van der Waals surface area contributed by atoms with Crippen molar-refractivity contribution in [3.8, 4) is 5.75 Å². The average Bonchev–Trinajstić information content (AvgIpc) is 2.10. The Bertz CT molecular complexity index is 366. The summed E-state index contributed by atoms with van der Waals surface area (Å²) in [5, 5.41) is 0.0570. The van der Waals surface area contributed by atoms with Gasteiger partial charge in [0, 0.05) is 12.5 Å². The molecule has 0 bridgehead atoms. The van der Waals surface area contributed by atoms with Crippen molar-refractivity contribution in [2.45, 2.75) is 26.4 Å². The molecule has 0 aromatic heterocycles. The molecule has 1 aromatic rings. The molecule has 0 heterocycles. The number of carbonyl (C=O) groups excluding carboxylic acids is 1. The lowest BCUT2D eigenvalue weighted by Gasteiger charge is -2.13. The zero-order valence-corrected chi connectivity index (χ0v) is 9.34. The van der Waals surface area contributed by atoms with Crippen LogP contribution in [-0.4, -0.2) is 11.9 Å². The van der Waals surface area contributed by atoms with Crippen LogP contribution in [-0.2, 0) is 4.79 Å². The van der Waals surface area contributed by atoms with Gasteiger partial charge in [0.15, 0.2) is 0 Å². The number of halogens is 2. The molecule has 4 heteroatoms. The molecule has 0 radical (unpaired) electrons. The summed E-state index contributed by atoms with van der Waals surface area (Å²) in [6.45, 7) is 3.25. The van der Waals surface area contributed by atoms with Gasteiger partial charge >= 0.3 is 0 Å². The summed E-state index contributed by atoms with van der Waals surface area (Å²) < 4.78 is 18.4. The van der Waals surface area contributed by atoms with Crippen LogP contribution in [0, 0.1) is 5.82 Å². The molecule has 0 fully saturated rings.